The van der Waals surface area contributed by atoms with E-state index in [1.165, 1.54) is 0 Å². The lowest BCUT2D eigenvalue weighted by Gasteiger charge is -2.23. The summed E-state index contributed by atoms with van der Waals surface area (Å²) < 4.78 is 5.58. The van der Waals surface area contributed by atoms with Gasteiger partial charge in [-0.3, -0.25) is 0 Å². The second-order valence-electron chi connectivity index (χ2n) is 4.24. The van der Waals surface area contributed by atoms with Crippen molar-refractivity contribution in [2.45, 2.75) is 12.5 Å². The van der Waals surface area contributed by atoms with Gasteiger partial charge in [0, 0.05) is 0 Å². The first-order valence-electron chi connectivity index (χ1n) is 5.64. The Balaban J connectivity index is 2.03. The molecule has 0 heterocycles. The monoisotopic (exact) mass is 228 g/mol. The summed E-state index contributed by atoms with van der Waals surface area (Å²) >= 11 is 0. The highest BCUT2D eigenvalue weighted by Crippen LogP contribution is 2.21. The van der Waals surface area contributed by atoms with E-state index in [0.717, 1.165) is 11.3 Å². The fraction of sp³-hybridized carbons (Fsp3) is 0.200. The first kappa shape index (κ1) is 11.7. The number of rotatable bonds is 4. The molecule has 0 saturated carbocycles. The van der Waals surface area contributed by atoms with Crippen molar-refractivity contribution in [1.29, 1.82) is 0 Å². The van der Waals surface area contributed by atoms with Crippen LogP contribution in [0.1, 0.15) is 12.5 Å². The minimum absolute atomic E-state index is 0.237. The van der Waals surface area contributed by atoms with Crippen molar-refractivity contribution in [2.24, 2.45) is 0 Å². The largest absolute Gasteiger partial charge is 0.490 e. The molecule has 0 amide bonds. The van der Waals surface area contributed by atoms with Crippen LogP contribution >= 0.6 is 0 Å². The Morgan fingerprint density at radius 1 is 0.941 bits per heavy atom. The van der Waals surface area contributed by atoms with Gasteiger partial charge in [-0.15, -0.1) is 0 Å². The van der Waals surface area contributed by atoms with Gasteiger partial charge in [0.15, 0.2) is 0 Å². The van der Waals surface area contributed by atoms with Gasteiger partial charge >= 0.3 is 0 Å². The molecule has 1 unspecified atom stereocenters. The van der Waals surface area contributed by atoms with Crippen molar-refractivity contribution in [1.82, 2.24) is 0 Å². The van der Waals surface area contributed by atoms with Gasteiger partial charge in [-0.1, -0.05) is 48.5 Å². The number of para-hydroxylation sites is 1. The number of hydrogen-bond acceptors (Lipinski definition) is 2. The van der Waals surface area contributed by atoms with E-state index in [0.29, 0.717) is 0 Å². The zero-order valence-electron chi connectivity index (χ0n) is 9.84. The maximum atomic E-state index is 10.3. The Morgan fingerprint density at radius 2 is 1.47 bits per heavy atom. The highest BCUT2D eigenvalue weighted by Gasteiger charge is 2.23. The fourth-order valence-electron chi connectivity index (χ4n) is 1.62. The van der Waals surface area contributed by atoms with Crippen LogP contribution in [0.15, 0.2) is 60.7 Å². The number of aliphatic hydroxyl groups is 1. The lowest BCUT2D eigenvalue weighted by Crippen LogP contribution is -2.29. The average molecular weight is 228 g/mol. The summed E-state index contributed by atoms with van der Waals surface area (Å²) in [6.45, 7) is 1.99. The molecule has 0 aliphatic carbocycles. The molecule has 1 atom stereocenters. The Hall–Kier alpha value is -1.80. The molecule has 0 aliphatic rings. The molecule has 88 valence electrons. The lowest BCUT2D eigenvalue weighted by molar-refractivity contribution is 0.00760. The minimum atomic E-state index is -0.975. The standard InChI is InChI=1S/C15H16O2/c1-15(16,13-8-4-2-5-9-13)12-17-14-10-6-3-7-11-14/h2-11,16H,12H2,1H3. The Labute approximate surface area is 101 Å². The molecule has 2 heteroatoms. The van der Waals surface area contributed by atoms with Crippen molar-refractivity contribution in [2.75, 3.05) is 6.61 Å². The van der Waals surface area contributed by atoms with Crippen LogP contribution in [-0.2, 0) is 5.60 Å². The molecule has 0 saturated heterocycles. The van der Waals surface area contributed by atoms with Gasteiger partial charge in [-0.2, -0.15) is 0 Å². The van der Waals surface area contributed by atoms with Gasteiger partial charge in [0.05, 0.1) is 0 Å². The number of ether oxygens (including phenoxy) is 1. The second-order valence-corrected chi connectivity index (χ2v) is 4.24. The van der Waals surface area contributed by atoms with Crippen LogP contribution in [0.5, 0.6) is 5.75 Å². The zero-order valence-corrected chi connectivity index (χ0v) is 9.84. The van der Waals surface area contributed by atoms with E-state index in [4.69, 9.17) is 4.74 Å². The lowest BCUT2D eigenvalue weighted by atomic mass is 9.97. The van der Waals surface area contributed by atoms with E-state index >= 15 is 0 Å². The summed E-state index contributed by atoms with van der Waals surface area (Å²) in [5.41, 5.74) is -0.118. The first-order valence-corrected chi connectivity index (χ1v) is 5.64. The van der Waals surface area contributed by atoms with Crippen molar-refractivity contribution < 1.29 is 9.84 Å². The van der Waals surface area contributed by atoms with E-state index in [2.05, 4.69) is 0 Å². The third kappa shape index (κ3) is 3.08. The topological polar surface area (TPSA) is 29.5 Å². The highest BCUT2D eigenvalue weighted by atomic mass is 16.5. The highest BCUT2D eigenvalue weighted by molar-refractivity contribution is 5.24. The fourth-order valence-corrected chi connectivity index (χ4v) is 1.62. The van der Waals surface area contributed by atoms with Gasteiger partial charge in [0.1, 0.15) is 18.0 Å². The second kappa shape index (κ2) is 5.02. The van der Waals surface area contributed by atoms with E-state index in [-0.39, 0.29) is 6.61 Å². The smallest absolute Gasteiger partial charge is 0.121 e. The number of hydrogen-bond donors (Lipinski definition) is 1. The van der Waals surface area contributed by atoms with Crippen LogP contribution in [0, 0.1) is 0 Å². The van der Waals surface area contributed by atoms with Crippen LogP contribution < -0.4 is 4.74 Å². The molecule has 0 radical (unpaired) electrons. The molecule has 1 N–H and O–H groups in total. The SMILES string of the molecule is CC(O)(COc1ccccc1)c1ccccc1. The Morgan fingerprint density at radius 3 is 2.06 bits per heavy atom. The van der Waals surface area contributed by atoms with Crippen molar-refractivity contribution >= 4 is 0 Å². The first-order chi connectivity index (χ1) is 8.18. The summed E-state index contributed by atoms with van der Waals surface area (Å²) in [5, 5.41) is 10.3. The molecular weight excluding hydrogens is 212 g/mol. The Kier molecular flexibility index (Phi) is 3.45. The molecule has 2 aromatic carbocycles. The van der Waals surface area contributed by atoms with Crippen LogP contribution in [0.2, 0.25) is 0 Å². The van der Waals surface area contributed by atoms with Gasteiger partial charge in [-0.25, -0.2) is 0 Å². The van der Waals surface area contributed by atoms with E-state index in [1.54, 1.807) is 6.92 Å². The Bertz CT molecular complexity index is 449. The maximum Gasteiger partial charge on any atom is 0.121 e. The predicted octanol–water partition coefficient (Wildman–Crippen LogP) is 2.97. The van der Waals surface area contributed by atoms with Gasteiger partial charge in [-0.05, 0) is 24.6 Å². The van der Waals surface area contributed by atoms with Crippen LogP contribution in [0.3, 0.4) is 0 Å². The summed E-state index contributed by atoms with van der Waals surface area (Å²) in [6, 6.07) is 19.0. The molecule has 0 fully saturated rings. The predicted molar refractivity (Wildman–Crippen MR) is 67.9 cm³/mol. The average Bonchev–Trinajstić information content (AvgIpc) is 2.39. The normalized spacial score (nSPS) is 14.0. The molecule has 2 rings (SSSR count). The quantitative estimate of drug-likeness (QED) is 0.871. The summed E-state index contributed by atoms with van der Waals surface area (Å²) in [6.07, 6.45) is 0. The van der Waals surface area contributed by atoms with Gasteiger partial charge in [0.25, 0.3) is 0 Å². The molecule has 2 nitrogen and oxygen atoms in total. The maximum absolute atomic E-state index is 10.3. The molecular formula is C15H16O2. The van der Waals surface area contributed by atoms with Crippen LogP contribution in [0.4, 0.5) is 0 Å². The van der Waals surface area contributed by atoms with Gasteiger partial charge in [0.2, 0.25) is 0 Å². The molecule has 2 aromatic rings. The van der Waals surface area contributed by atoms with Crippen molar-refractivity contribution in [3.63, 3.8) is 0 Å². The molecule has 0 spiro atoms. The molecule has 0 bridgehead atoms. The van der Waals surface area contributed by atoms with Crippen LogP contribution in [0.25, 0.3) is 0 Å². The van der Waals surface area contributed by atoms with Crippen molar-refractivity contribution in [3.8, 4) is 5.75 Å². The summed E-state index contributed by atoms with van der Waals surface area (Å²) in [4.78, 5) is 0. The molecule has 0 aromatic heterocycles. The van der Waals surface area contributed by atoms with E-state index in [1.807, 2.05) is 60.7 Å². The number of benzene rings is 2. The molecule has 17 heavy (non-hydrogen) atoms. The van der Waals surface area contributed by atoms with E-state index in [9.17, 15) is 5.11 Å². The zero-order chi connectivity index (χ0) is 12.1. The van der Waals surface area contributed by atoms with Gasteiger partial charge < -0.3 is 9.84 Å². The minimum Gasteiger partial charge on any atom is -0.490 e. The van der Waals surface area contributed by atoms with E-state index < -0.39 is 5.60 Å². The third-order valence-electron chi connectivity index (χ3n) is 2.66. The van der Waals surface area contributed by atoms with Crippen molar-refractivity contribution in [3.05, 3.63) is 66.2 Å². The van der Waals surface area contributed by atoms with Crippen LogP contribution in [-0.4, -0.2) is 11.7 Å². The summed E-state index contributed by atoms with van der Waals surface area (Å²) in [7, 11) is 0. The molecule has 0 aliphatic heterocycles. The summed E-state index contributed by atoms with van der Waals surface area (Å²) in [5.74, 6) is 0.767. The third-order valence-corrected chi connectivity index (χ3v) is 2.66.